The molecular weight excluding hydrogens is 411 g/mol. The van der Waals surface area contributed by atoms with Crippen molar-refractivity contribution in [2.24, 2.45) is 0 Å². The molecule has 3 aromatic rings. The second-order valence-corrected chi connectivity index (χ2v) is 7.52. The Kier molecular flexibility index (Phi) is 4.73. The van der Waals surface area contributed by atoms with E-state index < -0.39 is 28.0 Å². The number of aromatic nitrogens is 3. The second-order valence-electron chi connectivity index (χ2n) is 6.63. The highest BCUT2D eigenvalue weighted by atomic mass is 32.1. The molecule has 8 nitrogen and oxygen atoms in total. The van der Waals surface area contributed by atoms with Crippen LogP contribution >= 0.6 is 11.3 Å². The lowest BCUT2D eigenvalue weighted by Gasteiger charge is -2.32. The number of hydrogen-bond acceptors (Lipinski definition) is 7. The van der Waals surface area contributed by atoms with Crippen molar-refractivity contribution in [2.75, 3.05) is 18.0 Å². The molecule has 1 aliphatic heterocycles. The molecule has 4 heterocycles. The third kappa shape index (κ3) is 3.55. The Hall–Kier alpha value is -3.02. The van der Waals surface area contributed by atoms with E-state index in [2.05, 4.69) is 9.97 Å². The fourth-order valence-corrected chi connectivity index (χ4v) is 4.38. The van der Waals surface area contributed by atoms with Gasteiger partial charge in [0.1, 0.15) is 5.65 Å². The molecule has 0 radical (unpaired) electrons. The molecule has 152 valence electrons. The topological polar surface area (TPSA) is 93.6 Å². The molecule has 3 aromatic heterocycles. The Morgan fingerprint density at radius 2 is 2.07 bits per heavy atom. The van der Waals surface area contributed by atoms with Crippen LogP contribution in [0, 0.1) is 10.1 Å². The normalized spacial score (nSPS) is 17.6. The predicted molar refractivity (Wildman–Crippen MR) is 99.4 cm³/mol. The number of rotatable bonds is 3. The van der Waals surface area contributed by atoms with E-state index in [0.717, 1.165) is 21.1 Å². The maximum absolute atomic E-state index is 12.9. The standard InChI is InChI=1S/C17H14F3N5O3S/c18-17(19,20)11-9-29-15(21-11)10-4-3-6-23(8-10)14-13(25(27)28)16(26)24-7-2-1-5-12(24)22-14/h1-2,5,7,9-10H,3-4,6,8H2. The van der Waals surface area contributed by atoms with E-state index in [4.69, 9.17) is 0 Å². The molecule has 1 atom stereocenters. The van der Waals surface area contributed by atoms with Crippen molar-refractivity contribution in [3.63, 3.8) is 0 Å². The first-order chi connectivity index (χ1) is 13.8. The number of halogens is 3. The summed E-state index contributed by atoms with van der Waals surface area (Å²) in [6, 6.07) is 4.79. The van der Waals surface area contributed by atoms with Gasteiger partial charge in [0.15, 0.2) is 5.69 Å². The molecule has 0 bridgehead atoms. The Morgan fingerprint density at radius 1 is 1.28 bits per heavy atom. The van der Waals surface area contributed by atoms with E-state index >= 15 is 0 Å². The molecule has 1 saturated heterocycles. The Labute approximate surface area is 165 Å². The summed E-state index contributed by atoms with van der Waals surface area (Å²) in [5.41, 5.74) is -2.13. The number of pyridine rings is 1. The monoisotopic (exact) mass is 425 g/mol. The molecule has 0 amide bonds. The number of piperidine rings is 1. The minimum absolute atomic E-state index is 0.0662. The number of nitrogens with zero attached hydrogens (tertiary/aromatic N) is 5. The van der Waals surface area contributed by atoms with Crippen molar-refractivity contribution in [1.29, 1.82) is 0 Å². The van der Waals surface area contributed by atoms with Gasteiger partial charge in [0.05, 0.1) is 9.93 Å². The third-order valence-electron chi connectivity index (χ3n) is 4.76. The molecule has 1 fully saturated rings. The summed E-state index contributed by atoms with van der Waals surface area (Å²) < 4.78 is 39.7. The van der Waals surface area contributed by atoms with Crippen LogP contribution < -0.4 is 10.5 Å². The van der Waals surface area contributed by atoms with E-state index in [9.17, 15) is 28.1 Å². The van der Waals surface area contributed by atoms with Crippen LogP contribution in [0.1, 0.15) is 29.5 Å². The Bertz CT molecular complexity index is 1140. The van der Waals surface area contributed by atoms with Gasteiger partial charge in [0.2, 0.25) is 5.82 Å². The van der Waals surface area contributed by atoms with Gasteiger partial charge in [0.25, 0.3) is 0 Å². The van der Waals surface area contributed by atoms with Gasteiger partial charge in [-0.15, -0.1) is 11.3 Å². The Balaban J connectivity index is 1.72. The molecule has 0 N–H and O–H groups in total. The first-order valence-electron chi connectivity index (χ1n) is 8.69. The number of nitro groups is 1. The van der Waals surface area contributed by atoms with Crippen LogP contribution in [0.3, 0.4) is 0 Å². The molecule has 0 aromatic carbocycles. The van der Waals surface area contributed by atoms with Crippen molar-refractivity contribution < 1.29 is 18.1 Å². The van der Waals surface area contributed by atoms with Gasteiger partial charge in [-0.1, -0.05) is 6.07 Å². The van der Waals surface area contributed by atoms with Crippen LogP contribution in [0.5, 0.6) is 0 Å². The van der Waals surface area contributed by atoms with Gasteiger partial charge < -0.3 is 4.90 Å². The third-order valence-corrected chi connectivity index (χ3v) is 5.76. The van der Waals surface area contributed by atoms with Gasteiger partial charge in [-0.25, -0.2) is 9.97 Å². The maximum Gasteiger partial charge on any atom is 0.434 e. The maximum atomic E-state index is 12.9. The molecule has 1 unspecified atom stereocenters. The molecule has 0 saturated carbocycles. The minimum Gasteiger partial charge on any atom is -0.350 e. The second kappa shape index (κ2) is 7.10. The van der Waals surface area contributed by atoms with E-state index in [1.54, 1.807) is 23.1 Å². The molecule has 0 spiro atoms. The van der Waals surface area contributed by atoms with Crippen molar-refractivity contribution in [2.45, 2.75) is 24.9 Å². The Morgan fingerprint density at radius 3 is 2.76 bits per heavy atom. The summed E-state index contributed by atoms with van der Waals surface area (Å²) in [6.07, 6.45) is -1.94. The SMILES string of the molecule is O=c1c([N+](=O)[O-])c(N2CCCC(c3nc(C(F)(F)F)cs3)C2)nc2ccccn12. The highest BCUT2D eigenvalue weighted by molar-refractivity contribution is 7.09. The van der Waals surface area contributed by atoms with Crippen LogP contribution in [0.2, 0.25) is 0 Å². The minimum atomic E-state index is -4.52. The molecule has 0 aliphatic carbocycles. The quantitative estimate of drug-likeness (QED) is 0.471. The molecular formula is C17H14F3N5O3S. The zero-order valence-corrected chi connectivity index (χ0v) is 15.6. The van der Waals surface area contributed by atoms with E-state index in [0.29, 0.717) is 24.4 Å². The highest BCUT2D eigenvalue weighted by Crippen LogP contribution is 2.36. The number of hydrogen-bond donors (Lipinski definition) is 0. The van der Waals surface area contributed by atoms with Crippen LogP contribution in [0.15, 0.2) is 34.6 Å². The fraction of sp³-hybridized carbons (Fsp3) is 0.353. The summed E-state index contributed by atoms with van der Waals surface area (Å²) in [5.74, 6) is -0.399. The van der Waals surface area contributed by atoms with Crippen LogP contribution in [-0.2, 0) is 6.18 Å². The van der Waals surface area contributed by atoms with E-state index in [1.807, 2.05) is 0 Å². The predicted octanol–water partition coefficient (Wildman–Crippen LogP) is 3.46. The van der Waals surface area contributed by atoms with E-state index in [1.165, 1.54) is 6.20 Å². The fourth-order valence-electron chi connectivity index (χ4n) is 3.42. The first kappa shape index (κ1) is 19.3. The smallest absolute Gasteiger partial charge is 0.350 e. The summed E-state index contributed by atoms with van der Waals surface area (Å²) >= 11 is 0.918. The summed E-state index contributed by atoms with van der Waals surface area (Å²) in [6.45, 7) is 0.603. The summed E-state index contributed by atoms with van der Waals surface area (Å²) in [4.78, 5) is 33.0. The number of anilines is 1. The van der Waals surface area contributed by atoms with Gasteiger partial charge in [-0.3, -0.25) is 19.3 Å². The number of thiazole rings is 1. The van der Waals surface area contributed by atoms with Crippen molar-refractivity contribution in [1.82, 2.24) is 14.4 Å². The van der Waals surface area contributed by atoms with Gasteiger partial charge in [-0.05, 0) is 25.0 Å². The number of fused-ring (bicyclic) bond motifs is 1. The van der Waals surface area contributed by atoms with Crippen molar-refractivity contribution >= 4 is 28.5 Å². The van der Waals surface area contributed by atoms with Crippen LogP contribution in [0.25, 0.3) is 5.65 Å². The zero-order valence-electron chi connectivity index (χ0n) is 14.8. The highest BCUT2D eigenvalue weighted by Gasteiger charge is 2.36. The van der Waals surface area contributed by atoms with Gasteiger partial charge in [0, 0.05) is 30.6 Å². The lowest BCUT2D eigenvalue weighted by molar-refractivity contribution is -0.385. The van der Waals surface area contributed by atoms with Crippen LogP contribution in [0.4, 0.5) is 24.7 Å². The summed E-state index contributed by atoms with van der Waals surface area (Å²) in [5, 5.41) is 12.9. The van der Waals surface area contributed by atoms with Crippen LogP contribution in [-0.4, -0.2) is 32.4 Å². The lowest BCUT2D eigenvalue weighted by atomic mass is 9.98. The average Bonchev–Trinajstić information content (AvgIpc) is 3.18. The summed E-state index contributed by atoms with van der Waals surface area (Å²) in [7, 11) is 0. The average molecular weight is 425 g/mol. The van der Waals surface area contributed by atoms with E-state index in [-0.39, 0.29) is 23.9 Å². The van der Waals surface area contributed by atoms with Gasteiger partial charge >= 0.3 is 17.4 Å². The molecule has 29 heavy (non-hydrogen) atoms. The zero-order chi connectivity index (χ0) is 20.8. The molecule has 1 aliphatic rings. The number of alkyl halides is 3. The lowest BCUT2D eigenvalue weighted by Crippen LogP contribution is -2.37. The van der Waals surface area contributed by atoms with Gasteiger partial charge in [-0.2, -0.15) is 13.2 Å². The largest absolute Gasteiger partial charge is 0.434 e. The van der Waals surface area contributed by atoms with Crippen molar-refractivity contribution in [3.8, 4) is 0 Å². The molecule has 12 heteroatoms. The van der Waals surface area contributed by atoms with Crippen molar-refractivity contribution in [3.05, 3.63) is 60.9 Å². The molecule has 4 rings (SSSR count). The first-order valence-corrected chi connectivity index (χ1v) is 9.57.